The van der Waals surface area contributed by atoms with Crippen LogP contribution >= 0.6 is 23.2 Å². The Bertz CT molecular complexity index is 1030. The van der Waals surface area contributed by atoms with E-state index in [-0.39, 0.29) is 60.3 Å². The van der Waals surface area contributed by atoms with E-state index in [4.69, 9.17) is 28.6 Å². The van der Waals surface area contributed by atoms with Gasteiger partial charge in [0.25, 0.3) is 5.91 Å². The summed E-state index contributed by atoms with van der Waals surface area (Å²) >= 11 is 11.9. The molecule has 1 aromatic rings. The minimum absolute atomic E-state index is 0.0262. The average Bonchev–Trinajstić information content (AvgIpc) is 2.78. The number of carboxylic acids is 1. The van der Waals surface area contributed by atoms with Gasteiger partial charge in [0.1, 0.15) is 5.70 Å². The summed E-state index contributed by atoms with van der Waals surface area (Å²) in [6, 6.07) is 4.32. The van der Waals surface area contributed by atoms with Crippen LogP contribution in [0, 0.1) is 10.8 Å². The Morgan fingerprint density at radius 3 is 2.03 bits per heavy atom. The van der Waals surface area contributed by atoms with Crippen LogP contribution in [-0.2, 0) is 9.59 Å². The molecule has 4 N–H and O–H groups in total. The molecule has 0 aliphatic heterocycles. The largest absolute Gasteiger partial charge is 0.481 e. The Hall–Kier alpha value is -2.59. The van der Waals surface area contributed by atoms with Crippen LogP contribution in [0.4, 0.5) is 13.2 Å². The Balaban J connectivity index is 1.81. The minimum Gasteiger partial charge on any atom is -0.481 e. The van der Waals surface area contributed by atoms with E-state index >= 15 is 0 Å². The van der Waals surface area contributed by atoms with E-state index in [2.05, 4.69) is 10.6 Å². The van der Waals surface area contributed by atoms with Crippen LogP contribution in [0.15, 0.2) is 29.5 Å². The zero-order chi connectivity index (χ0) is 25.3. The number of carboxylic acid groups (broad SMARTS) is 1. The third kappa shape index (κ3) is 5.07. The number of halogens is 5. The van der Waals surface area contributed by atoms with Crippen molar-refractivity contribution in [3.63, 3.8) is 0 Å². The summed E-state index contributed by atoms with van der Waals surface area (Å²) in [4.78, 5) is 36.6. The number of hydrogen-bond acceptors (Lipinski definition) is 5. The molecule has 0 unspecified atom stereocenters. The highest BCUT2D eigenvalue weighted by Gasteiger charge is 2.54. The number of amides is 1. The summed E-state index contributed by atoms with van der Waals surface area (Å²) in [5.74, 6) is -2.93. The number of fused-ring (bicyclic) bond motifs is 3. The van der Waals surface area contributed by atoms with Crippen LogP contribution in [0.2, 0.25) is 10.0 Å². The molecule has 0 heterocycles. The van der Waals surface area contributed by atoms with Crippen LogP contribution in [0.3, 0.4) is 0 Å². The quantitative estimate of drug-likeness (QED) is 0.228. The molecule has 3 aliphatic carbocycles. The molecule has 34 heavy (non-hydrogen) atoms. The number of ketones is 1. The van der Waals surface area contributed by atoms with Gasteiger partial charge in [0, 0.05) is 11.8 Å². The standard InChI is InChI=1S/C22H22Cl2F3N3O4/c23-13-2-1-3-14(24)16(13)15(31)11-29-18(32)12(10-28)17(22(25,26)27)30-21-7-4-20(5-8-21,6-9-21)19(33)34/h1-3,10,28,30H,4-9,11H2,(H,29,32)(H,33,34)/b17-12+,28-10?. The Labute approximate surface area is 203 Å². The van der Waals surface area contributed by atoms with Crippen molar-refractivity contribution in [2.45, 2.75) is 50.2 Å². The normalized spacial score (nSPS) is 24.7. The first-order valence-electron chi connectivity index (χ1n) is 10.4. The fourth-order valence-electron chi connectivity index (χ4n) is 4.61. The fourth-order valence-corrected chi connectivity index (χ4v) is 5.22. The molecule has 0 aromatic heterocycles. The highest BCUT2D eigenvalue weighted by molar-refractivity contribution is 6.40. The molecule has 2 bridgehead atoms. The van der Waals surface area contributed by atoms with E-state index in [1.165, 1.54) is 18.2 Å². The smallest absolute Gasteiger partial charge is 0.431 e. The van der Waals surface area contributed by atoms with Crippen molar-refractivity contribution in [2.75, 3.05) is 6.54 Å². The highest BCUT2D eigenvalue weighted by Crippen LogP contribution is 2.53. The predicted molar refractivity (Wildman–Crippen MR) is 119 cm³/mol. The van der Waals surface area contributed by atoms with E-state index in [1.54, 1.807) is 0 Å². The molecule has 0 spiro atoms. The maximum Gasteiger partial charge on any atom is 0.431 e. The van der Waals surface area contributed by atoms with Gasteiger partial charge in [0.2, 0.25) is 0 Å². The zero-order valence-corrected chi connectivity index (χ0v) is 19.3. The molecule has 1 amide bonds. The second-order valence-corrected chi connectivity index (χ2v) is 9.44. The third-order valence-corrected chi connectivity index (χ3v) is 7.31. The van der Waals surface area contributed by atoms with Crippen molar-refractivity contribution in [1.29, 1.82) is 5.41 Å². The van der Waals surface area contributed by atoms with Crippen molar-refractivity contribution in [3.8, 4) is 0 Å². The number of carbonyl (C=O) groups is 3. The van der Waals surface area contributed by atoms with E-state index in [0.717, 1.165) is 0 Å². The monoisotopic (exact) mass is 519 g/mol. The number of benzene rings is 1. The topological polar surface area (TPSA) is 119 Å². The number of allylic oxidation sites excluding steroid dienone is 1. The molecule has 7 nitrogen and oxygen atoms in total. The molecule has 0 radical (unpaired) electrons. The van der Waals surface area contributed by atoms with E-state index in [9.17, 15) is 32.7 Å². The van der Waals surface area contributed by atoms with Crippen molar-refractivity contribution in [3.05, 3.63) is 45.1 Å². The molecule has 1 aromatic carbocycles. The average molecular weight is 520 g/mol. The van der Waals surface area contributed by atoms with Gasteiger partial charge >= 0.3 is 12.1 Å². The second-order valence-electron chi connectivity index (χ2n) is 8.62. The van der Waals surface area contributed by atoms with Gasteiger partial charge in [-0.3, -0.25) is 14.4 Å². The molecule has 0 saturated heterocycles. The third-order valence-electron chi connectivity index (χ3n) is 6.68. The number of hydrogen-bond donors (Lipinski definition) is 4. The van der Waals surface area contributed by atoms with Crippen LogP contribution in [0.25, 0.3) is 0 Å². The first kappa shape index (κ1) is 26.0. The Morgan fingerprint density at radius 1 is 1.06 bits per heavy atom. The van der Waals surface area contributed by atoms with Crippen LogP contribution in [-0.4, -0.2) is 47.2 Å². The second kappa shape index (κ2) is 9.58. The minimum atomic E-state index is -4.99. The number of rotatable bonds is 8. The van der Waals surface area contributed by atoms with Crippen molar-refractivity contribution in [2.24, 2.45) is 5.41 Å². The zero-order valence-electron chi connectivity index (χ0n) is 17.8. The van der Waals surface area contributed by atoms with Crippen molar-refractivity contribution in [1.82, 2.24) is 10.6 Å². The Morgan fingerprint density at radius 2 is 1.59 bits per heavy atom. The number of nitrogens with one attached hydrogen (secondary N) is 3. The number of alkyl halides is 3. The number of aliphatic carboxylic acids is 1. The summed E-state index contributed by atoms with van der Waals surface area (Å²) in [7, 11) is 0. The maximum absolute atomic E-state index is 14.0. The maximum atomic E-state index is 14.0. The van der Waals surface area contributed by atoms with Gasteiger partial charge in [0.05, 0.1) is 33.1 Å². The molecule has 3 aliphatic rings. The van der Waals surface area contributed by atoms with Gasteiger partial charge in [-0.25, -0.2) is 0 Å². The summed E-state index contributed by atoms with van der Waals surface area (Å²) in [6.07, 6.45) is -3.48. The van der Waals surface area contributed by atoms with Crippen LogP contribution < -0.4 is 10.6 Å². The van der Waals surface area contributed by atoms with E-state index in [0.29, 0.717) is 0 Å². The predicted octanol–water partition coefficient (Wildman–Crippen LogP) is 4.53. The summed E-state index contributed by atoms with van der Waals surface area (Å²) in [5.41, 5.74) is -4.41. The van der Waals surface area contributed by atoms with Crippen molar-refractivity contribution >= 4 is 47.1 Å². The molecular weight excluding hydrogens is 498 g/mol. The summed E-state index contributed by atoms with van der Waals surface area (Å²) in [6.45, 7) is -0.683. The Kier molecular flexibility index (Phi) is 7.33. The molecule has 0 atom stereocenters. The molecule has 12 heteroatoms. The molecule has 3 fully saturated rings. The number of Topliss-reactive ketones (excluding diaryl/α,β-unsaturated/α-hetero) is 1. The lowest BCUT2D eigenvalue weighted by atomic mass is 9.57. The van der Waals surface area contributed by atoms with Gasteiger partial charge in [-0.1, -0.05) is 29.3 Å². The van der Waals surface area contributed by atoms with Gasteiger partial charge in [-0.15, -0.1) is 0 Å². The lowest BCUT2D eigenvalue weighted by molar-refractivity contribution is -0.157. The van der Waals surface area contributed by atoms with Crippen molar-refractivity contribution < 1.29 is 32.7 Å². The fraction of sp³-hybridized carbons (Fsp3) is 0.455. The van der Waals surface area contributed by atoms with Crippen LogP contribution in [0.1, 0.15) is 48.9 Å². The first-order chi connectivity index (χ1) is 15.8. The van der Waals surface area contributed by atoms with Gasteiger partial charge in [-0.05, 0) is 50.7 Å². The van der Waals surface area contributed by atoms with Gasteiger partial charge in [-0.2, -0.15) is 13.2 Å². The highest BCUT2D eigenvalue weighted by atomic mass is 35.5. The lowest BCUT2D eigenvalue weighted by Gasteiger charge is -2.52. The SMILES string of the molecule is N=C/C(C(=O)NCC(=O)c1c(Cl)cccc1Cl)=C(\NC12CCC(C(=O)O)(CC1)CC2)C(F)(F)F. The number of carbonyl (C=O) groups excluding carboxylic acids is 2. The summed E-state index contributed by atoms with van der Waals surface area (Å²) in [5, 5.41) is 21.6. The molecule has 4 rings (SSSR count). The molecular formula is C22H22Cl2F3N3O4. The molecule has 184 valence electrons. The lowest BCUT2D eigenvalue weighted by Crippen LogP contribution is -2.58. The van der Waals surface area contributed by atoms with E-state index < -0.39 is 52.6 Å². The summed E-state index contributed by atoms with van der Waals surface area (Å²) < 4.78 is 41.9. The molecule has 3 saturated carbocycles. The van der Waals surface area contributed by atoms with Gasteiger partial charge < -0.3 is 21.1 Å². The van der Waals surface area contributed by atoms with Gasteiger partial charge in [0.15, 0.2) is 5.78 Å². The van der Waals surface area contributed by atoms with Crippen LogP contribution in [0.5, 0.6) is 0 Å². The first-order valence-corrected chi connectivity index (χ1v) is 11.2. The van der Waals surface area contributed by atoms with E-state index in [1.807, 2.05) is 0 Å².